The molecule has 3 heterocycles. The zero-order chi connectivity index (χ0) is 26.0. The van der Waals surface area contributed by atoms with Crippen LogP contribution in [0.3, 0.4) is 0 Å². The van der Waals surface area contributed by atoms with Crippen LogP contribution >= 0.6 is 0 Å². The topological polar surface area (TPSA) is 142 Å². The summed E-state index contributed by atoms with van der Waals surface area (Å²) in [6.45, 7) is 6.69. The second-order valence-electron chi connectivity index (χ2n) is 9.52. The molecule has 11 nitrogen and oxygen atoms in total. The predicted octanol–water partition coefficient (Wildman–Crippen LogP) is 3.03. The van der Waals surface area contributed by atoms with Crippen molar-refractivity contribution in [1.29, 1.82) is 0 Å². The van der Waals surface area contributed by atoms with Crippen molar-refractivity contribution >= 4 is 33.6 Å². The van der Waals surface area contributed by atoms with E-state index in [9.17, 15) is 13.2 Å². The first-order chi connectivity index (χ1) is 17.8. The number of nitrogens with zero attached hydrogens (tertiary/aromatic N) is 4. The van der Waals surface area contributed by atoms with Gasteiger partial charge >= 0.3 is 6.01 Å². The number of hydrogen-bond acceptors (Lipinski definition) is 9. The highest BCUT2D eigenvalue weighted by atomic mass is 32.2. The van der Waals surface area contributed by atoms with Gasteiger partial charge in [0.15, 0.2) is 5.96 Å². The molecular weight excluding hydrogens is 494 g/mol. The first-order valence-electron chi connectivity index (χ1n) is 12.2. The first-order valence-corrected chi connectivity index (χ1v) is 13.6. The van der Waals surface area contributed by atoms with Crippen molar-refractivity contribution in [3.8, 4) is 11.5 Å². The van der Waals surface area contributed by atoms with E-state index in [1.807, 2.05) is 24.3 Å². The molecule has 0 aliphatic carbocycles. The Morgan fingerprint density at radius 1 is 1.03 bits per heavy atom. The fourth-order valence-corrected chi connectivity index (χ4v) is 6.28. The molecule has 3 N–H and O–H groups in total. The summed E-state index contributed by atoms with van der Waals surface area (Å²) < 4.78 is 33.3. The monoisotopic (exact) mass is 523 g/mol. The summed E-state index contributed by atoms with van der Waals surface area (Å²) in [4.78, 5) is 17.2. The number of carbonyl (C=O) groups is 1. The van der Waals surface area contributed by atoms with Gasteiger partial charge in [-0.2, -0.15) is 4.31 Å². The Kier molecular flexibility index (Phi) is 6.94. The Morgan fingerprint density at radius 2 is 1.73 bits per heavy atom. The molecule has 2 aliphatic rings. The molecule has 1 aromatic heterocycles. The lowest BCUT2D eigenvalue weighted by Gasteiger charge is -2.34. The van der Waals surface area contributed by atoms with E-state index >= 15 is 0 Å². The highest BCUT2D eigenvalue weighted by Gasteiger charge is 2.31. The Bertz CT molecular complexity index is 1390. The predicted molar refractivity (Wildman–Crippen MR) is 140 cm³/mol. The summed E-state index contributed by atoms with van der Waals surface area (Å²) in [5.41, 5.74) is 1.83. The lowest BCUT2D eigenvalue weighted by atomic mass is 9.94. The molecule has 2 aromatic carbocycles. The third kappa shape index (κ3) is 5.65. The van der Waals surface area contributed by atoms with Crippen molar-refractivity contribution in [2.75, 3.05) is 36.8 Å². The Balaban J connectivity index is 1.22. The van der Waals surface area contributed by atoms with E-state index in [2.05, 4.69) is 45.0 Å². The molecule has 0 bridgehead atoms. The van der Waals surface area contributed by atoms with Gasteiger partial charge in [-0.25, -0.2) is 8.42 Å². The van der Waals surface area contributed by atoms with Crippen LogP contribution in [0.25, 0.3) is 11.5 Å². The number of aromatic nitrogens is 2. The highest BCUT2D eigenvalue weighted by Crippen LogP contribution is 2.27. The summed E-state index contributed by atoms with van der Waals surface area (Å²) in [6.07, 6.45) is 1.01. The summed E-state index contributed by atoms with van der Waals surface area (Å²) in [5, 5.41) is 16.8. The molecule has 1 fully saturated rings. The fourth-order valence-electron chi connectivity index (χ4n) is 4.60. The zero-order valence-electron chi connectivity index (χ0n) is 20.6. The van der Waals surface area contributed by atoms with Crippen molar-refractivity contribution in [3.05, 3.63) is 54.1 Å². The van der Waals surface area contributed by atoms with Crippen molar-refractivity contribution < 1.29 is 17.6 Å². The van der Waals surface area contributed by atoms with Crippen molar-refractivity contribution in [1.82, 2.24) is 19.8 Å². The Morgan fingerprint density at radius 3 is 2.38 bits per heavy atom. The maximum Gasteiger partial charge on any atom is 0.322 e. The SMILES string of the molecule is C[C@@H]1C[C@H](C)CN(S(=O)(=O)c2ccc(C(=O)Nc3nnc(-c4ccc(NC5=NCCN5)cc4)o3)cc2)C1. The quantitative estimate of drug-likeness (QED) is 0.448. The second-order valence-corrected chi connectivity index (χ2v) is 11.5. The van der Waals surface area contributed by atoms with Crippen LogP contribution in [-0.2, 0) is 10.0 Å². The number of benzene rings is 2. The van der Waals surface area contributed by atoms with Gasteiger partial charge in [-0.3, -0.25) is 15.1 Å². The largest absolute Gasteiger partial charge is 0.403 e. The maximum absolute atomic E-state index is 13.1. The Hall–Kier alpha value is -3.77. The number of hydrogen-bond donors (Lipinski definition) is 3. The van der Waals surface area contributed by atoms with Crippen LogP contribution in [-0.4, -0.2) is 61.0 Å². The minimum atomic E-state index is -3.62. The number of anilines is 2. The van der Waals surface area contributed by atoms with E-state index in [4.69, 9.17) is 4.42 Å². The molecule has 5 rings (SSSR count). The molecule has 0 spiro atoms. The van der Waals surface area contributed by atoms with Gasteiger partial charge in [-0.1, -0.05) is 18.9 Å². The van der Waals surface area contributed by atoms with E-state index in [-0.39, 0.29) is 22.4 Å². The van der Waals surface area contributed by atoms with Gasteiger partial charge in [0.25, 0.3) is 5.91 Å². The lowest BCUT2D eigenvalue weighted by Crippen LogP contribution is -2.42. The molecule has 1 amide bonds. The summed E-state index contributed by atoms with van der Waals surface area (Å²) >= 11 is 0. The van der Waals surface area contributed by atoms with Crippen LogP contribution in [0.5, 0.6) is 0 Å². The highest BCUT2D eigenvalue weighted by molar-refractivity contribution is 7.89. The maximum atomic E-state index is 13.1. The molecule has 12 heteroatoms. The minimum absolute atomic E-state index is 0.0558. The summed E-state index contributed by atoms with van der Waals surface area (Å²) in [6, 6.07) is 13.2. The van der Waals surface area contributed by atoms with Crippen LogP contribution in [0.2, 0.25) is 0 Å². The van der Waals surface area contributed by atoms with E-state index < -0.39 is 15.9 Å². The third-order valence-electron chi connectivity index (χ3n) is 6.30. The third-order valence-corrected chi connectivity index (χ3v) is 8.15. The van der Waals surface area contributed by atoms with Gasteiger partial charge in [-0.05, 0) is 66.8 Å². The number of aliphatic imine (C=N–C) groups is 1. The van der Waals surface area contributed by atoms with E-state index in [0.29, 0.717) is 30.5 Å². The molecule has 0 unspecified atom stereocenters. The van der Waals surface area contributed by atoms with Gasteiger partial charge in [0.05, 0.1) is 11.4 Å². The molecule has 1 saturated heterocycles. The van der Waals surface area contributed by atoms with Crippen LogP contribution in [0, 0.1) is 11.8 Å². The first kappa shape index (κ1) is 24.9. The number of guanidine groups is 1. The van der Waals surface area contributed by atoms with Gasteiger partial charge in [0.2, 0.25) is 15.9 Å². The van der Waals surface area contributed by atoms with Gasteiger partial charge < -0.3 is 15.1 Å². The molecule has 0 saturated carbocycles. The van der Waals surface area contributed by atoms with Crippen LogP contribution < -0.4 is 16.0 Å². The number of sulfonamides is 1. The molecule has 2 aliphatic heterocycles. The average Bonchev–Trinajstić information content (AvgIpc) is 3.56. The number of piperidine rings is 1. The Labute approximate surface area is 215 Å². The molecule has 37 heavy (non-hydrogen) atoms. The van der Waals surface area contributed by atoms with E-state index in [1.165, 1.54) is 28.6 Å². The van der Waals surface area contributed by atoms with Crippen molar-refractivity contribution in [2.24, 2.45) is 16.8 Å². The van der Waals surface area contributed by atoms with Gasteiger partial charge in [0, 0.05) is 36.4 Å². The number of amides is 1. The number of carbonyl (C=O) groups excluding carboxylic acids is 1. The molecule has 194 valence electrons. The van der Waals surface area contributed by atoms with E-state index in [1.54, 1.807) is 0 Å². The molecule has 2 atom stereocenters. The molecule has 3 aromatic rings. The average molecular weight is 524 g/mol. The van der Waals surface area contributed by atoms with Crippen molar-refractivity contribution in [3.63, 3.8) is 0 Å². The van der Waals surface area contributed by atoms with Crippen molar-refractivity contribution in [2.45, 2.75) is 25.2 Å². The van der Waals surface area contributed by atoms with Crippen LogP contribution in [0.4, 0.5) is 11.7 Å². The molecular formula is C25H29N7O4S. The molecule has 0 radical (unpaired) electrons. The smallest absolute Gasteiger partial charge is 0.322 e. The zero-order valence-corrected chi connectivity index (χ0v) is 21.5. The normalized spacial score (nSPS) is 20.2. The van der Waals surface area contributed by atoms with Gasteiger partial charge in [-0.15, -0.1) is 5.10 Å². The summed E-state index contributed by atoms with van der Waals surface area (Å²) in [7, 11) is -3.62. The number of rotatable bonds is 6. The fraction of sp³-hybridized carbons (Fsp3) is 0.360. The van der Waals surface area contributed by atoms with Crippen LogP contribution in [0.15, 0.2) is 62.8 Å². The minimum Gasteiger partial charge on any atom is -0.403 e. The standard InChI is InChI=1S/C25H29N7O4S/c1-16-13-17(2)15-32(14-16)37(34,35)21-9-5-18(6-10-21)22(33)29-25-31-30-23(36-25)19-3-7-20(8-4-19)28-24-26-11-12-27-24/h3-10,16-17H,11-15H2,1-2H3,(H2,26,27,28)(H,29,31,33)/t16-,17+. The summed E-state index contributed by atoms with van der Waals surface area (Å²) in [5.74, 6) is 1.12. The second kappa shape index (κ2) is 10.3. The number of nitrogens with one attached hydrogen (secondary N) is 3. The lowest BCUT2D eigenvalue weighted by molar-refractivity contribution is 0.102. The van der Waals surface area contributed by atoms with E-state index in [0.717, 1.165) is 31.2 Å². The van der Waals surface area contributed by atoms with Gasteiger partial charge in [0.1, 0.15) is 0 Å². The van der Waals surface area contributed by atoms with Crippen LogP contribution in [0.1, 0.15) is 30.6 Å².